The molecule has 1 heterocycles. The Morgan fingerprint density at radius 1 is 1.00 bits per heavy atom. The summed E-state index contributed by atoms with van der Waals surface area (Å²) in [7, 11) is 0. The zero-order valence-corrected chi connectivity index (χ0v) is 26.7. The van der Waals surface area contributed by atoms with E-state index in [1.54, 1.807) is 25.1 Å². The number of piperazine rings is 1. The molecule has 0 aliphatic carbocycles. The molecular formula is C34H37F2N5O4S. The summed E-state index contributed by atoms with van der Waals surface area (Å²) in [5.74, 6) is -2.07. The minimum absolute atomic E-state index is 0.0119. The van der Waals surface area contributed by atoms with Gasteiger partial charge in [0.25, 0.3) is 5.91 Å². The van der Waals surface area contributed by atoms with E-state index >= 15 is 0 Å². The number of allylic oxidation sites excluding steroid dienone is 2. The number of benzene rings is 3. The van der Waals surface area contributed by atoms with Gasteiger partial charge in [0.05, 0.1) is 11.7 Å². The van der Waals surface area contributed by atoms with Gasteiger partial charge in [0, 0.05) is 60.5 Å². The lowest BCUT2D eigenvalue weighted by Crippen LogP contribution is -2.49. The molecule has 0 saturated carbocycles. The number of nitrogens with zero attached hydrogens (tertiary/aromatic N) is 3. The lowest BCUT2D eigenvalue weighted by Gasteiger charge is -2.38. The minimum atomic E-state index is -0.721. The van der Waals surface area contributed by atoms with Crippen molar-refractivity contribution in [1.29, 1.82) is 0 Å². The van der Waals surface area contributed by atoms with Crippen molar-refractivity contribution in [3.63, 3.8) is 0 Å². The lowest BCUT2D eigenvalue weighted by atomic mass is 9.96. The molecule has 1 saturated heterocycles. The maximum absolute atomic E-state index is 13.5. The average molecular weight is 650 g/mol. The van der Waals surface area contributed by atoms with E-state index in [1.165, 1.54) is 36.4 Å². The summed E-state index contributed by atoms with van der Waals surface area (Å²) in [6.45, 7) is 8.71. The molecule has 1 fully saturated rings. The summed E-state index contributed by atoms with van der Waals surface area (Å²) in [4.78, 5) is 41.4. The summed E-state index contributed by atoms with van der Waals surface area (Å²) in [5, 5.41) is 15.8. The van der Waals surface area contributed by atoms with Crippen LogP contribution >= 0.6 is 11.9 Å². The van der Waals surface area contributed by atoms with Crippen LogP contribution in [0.15, 0.2) is 100 Å². The molecule has 12 heteroatoms. The second-order valence-electron chi connectivity index (χ2n) is 10.9. The quantitative estimate of drug-likeness (QED) is 0.0813. The van der Waals surface area contributed by atoms with Crippen LogP contribution in [-0.4, -0.2) is 54.0 Å². The van der Waals surface area contributed by atoms with E-state index in [0.717, 1.165) is 49.9 Å². The fraction of sp³-hybridized carbons (Fsp3) is 0.294. The van der Waals surface area contributed by atoms with E-state index in [1.807, 2.05) is 25.1 Å². The molecule has 46 heavy (non-hydrogen) atoms. The van der Waals surface area contributed by atoms with Gasteiger partial charge in [0.1, 0.15) is 11.5 Å². The number of carbonyl (C=O) groups is 2. The first kappa shape index (κ1) is 34.3. The van der Waals surface area contributed by atoms with E-state index in [0.29, 0.717) is 28.1 Å². The number of rotatable bonds is 12. The summed E-state index contributed by atoms with van der Waals surface area (Å²) >= 11 is 0.971. The van der Waals surface area contributed by atoms with Gasteiger partial charge in [-0.25, -0.2) is 8.78 Å². The second kappa shape index (κ2) is 16.1. The summed E-state index contributed by atoms with van der Waals surface area (Å²) in [5.41, 5.74) is 2.31. The minimum Gasteiger partial charge on any atom is -0.512 e. The van der Waals surface area contributed by atoms with Crippen LogP contribution < -0.4 is 14.9 Å². The summed E-state index contributed by atoms with van der Waals surface area (Å²) in [6, 6.07) is 16.7. The van der Waals surface area contributed by atoms with Crippen LogP contribution in [0, 0.1) is 22.5 Å². The van der Waals surface area contributed by atoms with Gasteiger partial charge in [-0.2, -0.15) is 0 Å². The number of hydrogen-bond acceptors (Lipinski definition) is 8. The molecule has 4 rings (SSSR count). The standard InChI is InChI=1S/C34H37F2N5O4S/c1-4-29(42)20-25(23(3)33(43)37-27-9-7-26(35)8-10-27)19-22(2)40-15-17-41(18-16-40)28-11-5-24(6-12-28)34(44)39-46-30-13-14-31(36)32(21-30)38-45/h5-14,19-23,42H,4,15-18H2,1-3H3,(H,37,43)(H,39,44)/b25-19+,29-20+. The third-order valence-electron chi connectivity index (χ3n) is 7.80. The Labute approximate surface area is 271 Å². The fourth-order valence-corrected chi connectivity index (χ4v) is 5.57. The molecule has 1 aliphatic rings. The molecule has 3 aromatic carbocycles. The van der Waals surface area contributed by atoms with Crippen molar-refractivity contribution in [3.05, 3.63) is 112 Å². The van der Waals surface area contributed by atoms with Gasteiger partial charge in [-0.15, -0.1) is 4.91 Å². The van der Waals surface area contributed by atoms with Crippen LogP contribution in [0.25, 0.3) is 0 Å². The third-order valence-corrected chi connectivity index (χ3v) is 8.57. The largest absolute Gasteiger partial charge is 0.512 e. The molecule has 2 unspecified atom stereocenters. The number of nitrogens with one attached hydrogen (secondary N) is 2. The van der Waals surface area contributed by atoms with Gasteiger partial charge in [0.2, 0.25) is 5.91 Å². The van der Waals surface area contributed by atoms with Crippen molar-refractivity contribution in [3.8, 4) is 0 Å². The first-order chi connectivity index (χ1) is 22.1. The normalized spacial score (nSPS) is 15.6. The molecular weight excluding hydrogens is 612 g/mol. The van der Waals surface area contributed by atoms with E-state index in [-0.39, 0.29) is 35.1 Å². The lowest BCUT2D eigenvalue weighted by molar-refractivity contribution is -0.118. The average Bonchev–Trinajstić information content (AvgIpc) is 3.08. The van der Waals surface area contributed by atoms with Crippen molar-refractivity contribution in [1.82, 2.24) is 9.62 Å². The molecule has 0 radical (unpaired) electrons. The second-order valence-corrected chi connectivity index (χ2v) is 11.8. The Morgan fingerprint density at radius 3 is 2.30 bits per heavy atom. The van der Waals surface area contributed by atoms with Crippen LogP contribution in [-0.2, 0) is 4.79 Å². The number of halogens is 2. The van der Waals surface area contributed by atoms with Gasteiger partial charge >= 0.3 is 0 Å². The molecule has 3 N–H and O–H groups in total. The van der Waals surface area contributed by atoms with Crippen LogP contribution in [0.1, 0.15) is 37.6 Å². The molecule has 0 aromatic heterocycles. The van der Waals surface area contributed by atoms with E-state index in [4.69, 9.17) is 0 Å². The highest BCUT2D eigenvalue weighted by molar-refractivity contribution is 7.98. The van der Waals surface area contributed by atoms with Gasteiger partial charge in [-0.05, 0) is 109 Å². The first-order valence-corrected chi connectivity index (χ1v) is 15.8. The molecule has 242 valence electrons. The summed E-state index contributed by atoms with van der Waals surface area (Å²) in [6.07, 6.45) is 4.09. The Kier molecular flexibility index (Phi) is 12.0. The van der Waals surface area contributed by atoms with Crippen molar-refractivity contribution in [2.75, 3.05) is 36.4 Å². The Bertz CT molecular complexity index is 1590. The number of nitroso groups, excluding NO2 is 1. The first-order valence-electron chi connectivity index (χ1n) is 14.9. The smallest absolute Gasteiger partial charge is 0.261 e. The van der Waals surface area contributed by atoms with Crippen molar-refractivity contribution < 1.29 is 23.5 Å². The SMILES string of the molecule is CC/C(O)=C\C(=C/C(C)N1CCN(c2ccc(C(=O)NSc3ccc(F)c(N=O)c3)cc2)CC1)C(C)C(=O)Nc1ccc(F)cc1. The van der Waals surface area contributed by atoms with Gasteiger partial charge in [-0.1, -0.05) is 13.0 Å². The molecule has 1 aliphatic heterocycles. The summed E-state index contributed by atoms with van der Waals surface area (Å²) < 4.78 is 29.5. The highest BCUT2D eigenvalue weighted by Gasteiger charge is 2.23. The zero-order valence-electron chi connectivity index (χ0n) is 25.9. The van der Waals surface area contributed by atoms with Crippen LogP contribution in [0.2, 0.25) is 0 Å². The monoisotopic (exact) mass is 649 g/mol. The Hall–Kier alpha value is -4.55. The third kappa shape index (κ3) is 9.24. The fourth-order valence-electron chi connectivity index (χ4n) is 4.93. The maximum atomic E-state index is 13.5. The Morgan fingerprint density at radius 2 is 1.67 bits per heavy atom. The van der Waals surface area contributed by atoms with Crippen LogP contribution in [0.5, 0.6) is 0 Å². The number of carbonyl (C=O) groups excluding carboxylic acids is 2. The topological polar surface area (TPSA) is 114 Å². The molecule has 0 bridgehead atoms. The van der Waals surface area contributed by atoms with E-state index in [9.17, 15) is 28.4 Å². The molecule has 0 spiro atoms. The Balaban J connectivity index is 1.34. The highest BCUT2D eigenvalue weighted by Crippen LogP contribution is 2.26. The molecule has 9 nitrogen and oxygen atoms in total. The van der Waals surface area contributed by atoms with E-state index in [2.05, 4.69) is 31.9 Å². The number of amides is 2. The highest BCUT2D eigenvalue weighted by atomic mass is 32.2. The van der Waals surface area contributed by atoms with Gasteiger partial charge in [-0.3, -0.25) is 19.2 Å². The van der Waals surface area contributed by atoms with Gasteiger partial charge < -0.3 is 15.3 Å². The predicted molar refractivity (Wildman–Crippen MR) is 178 cm³/mol. The molecule has 3 aromatic rings. The number of hydrogen-bond donors (Lipinski definition) is 3. The van der Waals surface area contributed by atoms with E-state index < -0.39 is 11.7 Å². The number of aliphatic hydroxyl groups excluding tert-OH is 1. The van der Waals surface area contributed by atoms with Crippen LogP contribution in [0.4, 0.5) is 25.8 Å². The number of aliphatic hydroxyl groups is 1. The van der Waals surface area contributed by atoms with Gasteiger partial charge in [0.15, 0.2) is 5.82 Å². The van der Waals surface area contributed by atoms with Crippen molar-refractivity contribution in [2.24, 2.45) is 11.1 Å². The van der Waals surface area contributed by atoms with Crippen molar-refractivity contribution >= 4 is 40.8 Å². The predicted octanol–water partition coefficient (Wildman–Crippen LogP) is 7.36. The maximum Gasteiger partial charge on any atom is 0.261 e. The molecule has 2 amide bonds. The van der Waals surface area contributed by atoms with Crippen LogP contribution in [0.3, 0.4) is 0 Å². The van der Waals surface area contributed by atoms with Crippen molar-refractivity contribution in [2.45, 2.75) is 38.1 Å². The number of anilines is 2. The zero-order chi connectivity index (χ0) is 33.2. The molecule has 2 atom stereocenters.